The van der Waals surface area contributed by atoms with Crippen molar-refractivity contribution in [1.29, 1.82) is 0 Å². The highest BCUT2D eigenvalue weighted by Gasteiger charge is 2.19. The van der Waals surface area contributed by atoms with Crippen molar-refractivity contribution in [2.75, 3.05) is 13.2 Å². The number of hydrogen-bond donors (Lipinski definition) is 0. The molecule has 1 atom stereocenters. The van der Waals surface area contributed by atoms with Gasteiger partial charge in [0.2, 0.25) is 0 Å². The maximum absolute atomic E-state index is 12.9. The van der Waals surface area contributed by atoms with Crippen molar-refractivity contribution in [1.82, 2.24) is 0 Å². The number of unbranched alkanes of at least 4 members (excludes halogenated alkanes) is 35. The maximum Gasteiger partial charge on any atom is 0.306 e. The molecule has 0 fully saturated rings. The van der Waals surface area contributed by atoms with E-state index >= 15 is 0 Å². The van der Waals surface area contributed by atoms with Gasteiger partial charge < -0.3 is 14.2 Å². The molecule has 0 aromatic rings. The number of carbonyl (C=O) groups excluding carboxylic acids is 3. The second kappa shape index (κ2) is 67.8. The predicted molar refractivity (Wildman–Crippen MR) is 348 cm³/mol. The molecule has 0 aliphatic rings. The minimum atomic E-state index is -0.783. The van der Waals surface area contributed by atoms with Gasteiger partial charge in [0.05, 0.1) is 0 Å². The number of allylic oxidation sites excluding steroid dienone is 16. The van der Waals surface area contributed by atoms with E-state index in [0.29, 0.717) is 19.3 Å². The molecular weight excluding hydrogens is 985 g/mol. The van der Waals surface area contributed by atoms with Crippen LogP contribution in [0.2, 0.25) is 0 Å². The van der Waals surface area contributed by atoms with E-state index in [2.05, 4.69) is 118 Å². The first kappa shape index (κ1) is 76.3. The van der Waals surface area contributed by atoms with Crippen LogP contribution in [-0.2, 0) is 28.6 Å². The van der Waals surface area contributed by atoms with Crippen molar-refractivity contribution >= 4 is 17.9 Å². The number of hydrogen-bond acceptors (Lipinski definition) is 6. The van der Waals surface area contributed by atoms with Crippen LogP contribution in [0, 0.1) is 0 Å². The van der Waals surface area contributed by atoms with E-state index in [-0.39, 0.29) is 31.1 Å². The van der Waals surface area contributed by atoms with Gasteiger partial charge in [0.15, 0.2) is 6.10 Å². The summed E-state index contributed by atoms with van der Waals surface area (Å²) in [6, 6.07) is 0. The quantitative estimate of drug-likeness (QED) is 0.0261. The van der Waals surface area contributed by atoms with Crippen molar-refractivity contribution in [2.24, 2.45) is 0 Å². The molecule has 0 amide bonds. The first-order valence-corrected chi connectivity index (χ1v) is 34.2. The number of ether oxygens (including phenoxy) is 3. The second-order valence-corrected chi connectivity index (χ2v) is 22.7. The normalized spacial score (nSPS) is 12.7. The molecular formula is C74H128O6. The molecule has 0 heterocycles. The van der Waals surface area contributed by atoms with Crippen LogP contribution in [0.25, 0.3) is 0 Å². The van der Waals surface area contributed by atoms with Gasteiger partial charge in [-0.2, -0.15) is 0 Å². The minimum absolute atomic E-state index is 0.0798. The van der Waals surface area contributed by atoms with Crippen LogP contribution in [0.4, 0.5) is 0 Å². The van der Waals surface area contributed by atoms with Crippen molar-refractivity contribution < 1.29 is 28.6 Å². The average Bonchev–Trinajstić information content (AvgIpc) is 3.46. The van der Waals surface area contributed by atoms with Gasteiger partial charge in [-0.3, -0.25) is 14.4 Å². The third-order valence-corrected chi connectivity index (χ3v) is 14.8. The second-order valence-electron chi connectivity index (χ2n) is 22.7. The zero-order chi connectivity index (χ0) is 57.8. The van der Waals surface area contributed by atoms with Crippen molar-refractivity contribution in [2.45, 2.75) is 341 Å². The molecule has 460 valence electrons. The molecule has 6 heteroatoms. The standard InChI is InChI=1S/C74H128O6/c1-4-7-10-13-16-19-22-25-27-28-29-30-31-32-33-34-35-36-37-38-39-40-41-42-43-44-45-46-48-49-52-55-58-61-64-67-73(76)79-70-71(69-78-72(75)66-63-60-57-54-51-24-21-18-15-12-9-6-3)80-74(77)68-65-62-59-56-53-50-47-26-23-20-17-14-11-8-5-2/h7,10,16,18-19,21,25-27,29-30,32-33,35-36,47,71H,4-6,8-9,11-15,17,20,22-24,28,31,34,37-46,48-70H2,1-3H3/b10-7-,19-16-,21-18-,27-25-,30-29-,33-32-,36-35-,47-26-. The maximum atomic E-state index is 12.9. The Morgan fingerprint density at radius 1 is 0.263 bits per heavy atom. The van der Waals surface area contributed by atoms with E-state index in [4.69, 9.17) is 14.2 Å². The van der Waals surface area contributed by atoms with E-state index in [1.165, 1.54) is 180 Å². The van der Waals surface area contributed by atoms with Gasteiger partial charge in [-0.15, -0.1) is 0 Å². The van der Waals surface area contributed by atoms with Crippen molar-refractivity contribution in [3.8, 4) is 0 Å². The van der Waals surface area contributed by atoms with Gasteiger partial charge in [0.25, 0.3) is 0 Å². The molecule has 0 aromatic carbocycles. The summed E-state index contributed by atoms with van der Waals surface area (Å²) in [6.45, 7) is 6.51. The summed E-state index contributed by atoms with van der Waals surface area (Å²) in [5.74, 6) is -0.885. The van der Waals surface area contributed by atoms with Gasteiger partial charge in [-0.25, -0.2) is 0 Å². The van der Waals surface area contributed by atoms with Crippen molar-refractivity contribution in [3.05, 3.63) is 97.2 Å². The van der Waals surface area contributed by atoms with Crippen LogP contribution in [0.1, 0.15) is 335 Å². The van der Waals surface area contributed by atoms with E-state index in [1.807, 2.05) is 0 Å². The van der Waals surface area contributed by atoms with Gasteiger partial charge in [0.1, 0.15) is 13.2 Å². The molecule has 0 N–H and O–H groups in total. The van der Waals surface area contributed by atoms with E-state index in [9.17, 15) is 14.4 Å². The monoisotopic (exact) mass is 1110 g/mol. The van der Waals surface area contributed by atoms with Gasteiger partial charge in [0, 0.05) is 19.3 Å². The summed E-state index contributed by atoms with van der Waals surface area (Å²) in [6.07, 6.45) is 91.5. The Morgan fingerprint density at radius 3 is 0.800 bits per heavy atom. The zero-order valence-electron chi connectivity index (χ0n) is 52.8. The fourth-order valence-corrected chi connectivity index (χ4v) is 9.67. The largest absolute Gasteiger partial charge is 0.462 e. The highest BCUT2D eigenvalue weighted by atomic mass is 16.6. The summed E-state index contributed by atoms with van der Waals surface area (Å²) >= 11 is 0. The third-order valence-electron chi connectivity index (χ3n) is 14.8. The Balaban J connectivity index is 4.12. The van der Waals surface area contributed by atoms with Gasteiger partial charge in [-0.05, 0) is 122 Å². The molecule has 0 bridgehead atoms. The summed E-state index contributed by atoms with van der Waals surface area (Å²) in [5.41, 5.74) is 0. The molecule has 0 saturated heterocycles. The lowest BCUT2D eigenvalue weighted by Crippen LogP contribution is -2.30. The topological polar surface area (TPSA) is 78.9 Å². The lowest BCUT2D eigenvalue weighted by molar-refractivity contribution is -0.167. The first-order chi connectivity index (χ1) is 39.5. The fourth-order valence-electron chi connectivity index (χ4n) is 9.67. The molecule has 1 unspecified atom stereocenters. The van der Waals surface area contributed by atoms with E-state index in [0.717, 1.165) is 116 Å². The lowest BCUT2D eigenvalue weighted by Gasteiger charge is -2.18. The predicted octanol–water partition coefficient (Wildman–Crippen LogP) is 23.6. The summed E-state index contributed by atoms with van der Waals surface area (Å²) in [5, 5.41) is 0. The van der Waals surface area contributed by atoms with Crippen LogP contribution in [0.3, 0.4) is 0 Å². The Hall–Kier alpha value is -3.67. The Kier molecular flexibility index (Phi) is 64.7. The van der Waals surface area contributed by atoms with Crippen molar-refractivity contribution in [3.63, 3.8) is 0 Å². The van der Waals surface area contributed by atoms with Crippen LogP contribution in [-0.4, -0.2) is 37.2 Å². The van der Waals surface area contributed by atoms with E-state index in [1.54, 1.807) is 0 Å². The summed E-state index contributed by atoms with van der Waals surface area (Å²) in [7, 11) is 0. The molecule has 0 radical (unpaired) electrons. The average molecular weight is 1110 g/mol. The SMILES string of the molecule is CC/C=C\C/C=C\C/C=C\C/C=C\C/C=C\C/C=C\CCCCCCCCCCCCCCCCCCC(=O)OCC(COC(=O)CCCCCCC/C=C\CCCCC)OC(=O)CCCCCCC/C=C\CCCCCCCC. The first-order valence-electron chi connectivity index (χ1n) is 34.2. The molecule has 0 saturated carbocycles. The molecule has 0 aromatic heterocycles. The molecule has 0 spiro atoms. The van der Waals surface area contributed by atoms with E-state index < -0.39 is 6.10 Å². The number of rotatable bonds is 62. The molecule has 0 aliphatic carbocycles. The lowest BCUT2D eigenvalue weighted by atomic mass is 10.0. The van der Waals surface area contributed by atoms with Gasteiger partial charge >= 0.3 is 17.9 Å². The Bertz CT molecular complexity index is 1560. The highest BCUT2D eigenvalue weighted by Crippen LogP contribution is 2.17. The molecule has 0 rings (SSSR count). The highest BCUT2D eigenvalue weighted by molar-refractivity contribution is 5.71. The van der Waals surface area contributed by atoms with Crippen LogP contribution in [0.15, 0.2) is 97.2 Å². The molecule has 0 aliphatic heterocycles. The minimum Gasteiger partial charge on any atom is -0.462 e. The smallest absolute Gasteiger partial charge is 0.306 e. The van der Waals surface area contributed by atoms with Crippen LogP contribution in [0.5, 0.6) is 0 Å². The Morgan fingerprint density at radius 2 is 0.487 bits per heavy atom. The zero-order valence-corrected chi connectivity index (χ0v) is 52.8. The third kappa shape index (κ3) is 65.1. The summed E-state index contributed by atoms with van der Waals surface area (Å²) < 4.78 is 16.9. The van der Waals surface area contributed by atoms with Gasteiger partial charge in [-0.1, -0.05) is 291 Å². The van der Waals surface area contributed by atoms with Crippen LogP contribution >= 0.6 is 0 Å². The Labute approximate surface area is 496 Å². The number of carbonyl (C=O) groups is 3. The molecule has 6 nitrogen and oxygen atoms in total. The number of esters is 3. The molecule has 80 heavy (non-hydrogen) atoms. The van der Waals surface area contributed by atoms with Crippen LogP contribution < -0.4 is 0 Å². The fraction of sp³-hybridized carbons (Fsp3) is 0.743. The summed E-state index contributed by atoms with van der Waals surface area (Å²) in [4.78, 5) is 38.3.